The Labute approximate surface area is 253 Å². The largest absolute Gasteiger partial charge is 0.497 e. The van der Waals surface area contributed by atoms with Crippen molar-refractivity contribution in [3.63, 3.8) is 0 Å². The van der Waals surface area contributed by atoms with E-state index in [1.165, 1.54) is 25.2 Å². The molecule has 1 N–H and O–H groups in total. The zero-order valence-corrected chi connectivity index (χ0v) is 26.3. The highest BCUT2D eigenvalue weighted by Crippen LogP contribution is 2.34. The summed E-state index contributed by atoms with van der Waals surface area (Å²) in [6.07, 6.45) is 1.23. The Kier molecular flexibility index (Phi) is 10.9. The lowest BCUT2D eigenvalue weighted by molar-refractivity contribution is -0.140. The number of carbonyl (C=O) groups is 2. The lowest BCUT2D eigenvalue weighted by Gasteiger charge is -2.35. The topological polar surface area (TPSA) is 105 Å². The van der Waals surface area contributed by atoms with Gasteiger partial charge < -0.3 is 19.7 Å². The van der Waals surface area contributed by atoms with Crippen LogP contribution in [0, 0.1) is 0 Å². The molecule has 3 aromatic carbocycles. The second kappa shape index (κ2) is 13.9. The summed E-state index contributed by atoms with van der Waals surface area (Å²) in [6.45, 7) is 5.05. The number of nitrogens with one attached hydrogen (secondary N) is 1. The molecule has 0 aliphatic heterocycles. The molecule has 0 aromatic heterocycles. The Balaban J connectivity index is 2.10. The minimum absolute atomic E-state index is 0.0441. The van der Waals surface area contributed by atoms with Crippen LogP contribution in [0.4, 0.5) is 5.69 Å². The number of sulfonamides is 1. The Morgan fingerprint density at radius 3 is 2.12 bits per heavy atom. The molecule has 11 heteroatoms. The summed E-state index contributed by atoms with van der Waals surface area (Å²) in [6, 6.07) is 20.0. The first-order chi connectivity index (χ1) is 19.7. The van der Waals surface area contributed by atoms with Gasteiger partial charge in [0.25, 0.3) is 0 Å². The number of hydrogen-bond donors (Lipinski definition) is 1. The summed E-state index contributed by atoms with van der Waals surface area (Å²) < 4.78 is 37.8. The number of hydrogen-bond acceptors (Lipinski definition) is 6. The van der Waals surface area contributed by atoms with Crippen molar-refractivity contribution in [3.8, 4) is 11.5 Å². The van der Waals surface area contributed by atoms with Gasteiger partial charge in [-0.2, -0.15) is 0 Å². The average Bonchev–Trinajstić information content (AvgIpc) is 2.93. The second-order valence-corrected chi connectivity index (χ2v) is 13.2. The van der Waals surface area contributed by atoms with Crippen molar-refractivity contribution in [1.29, 1.82) is 0 Å². The Bertz CT molecular complexity index is 1470. The van der Waals surface area contributed by atoms with Gasteiger partial charge in [-0.1, -0.05) is 54.1 Å². The third-order valence-electron chi connectivity index (χ3n) is 6.37. The van der Waals surface area contributed by atoms with Crippen LogP contribution in [0.15, 0.2) is 72.8 Å². The van der Waals surface area contributed by atoms with E-state index < -0.39 is 34.1 Å². The minimum atomic E-state index is -3.96. The number of rotatable bonds is 12. The molecule has 0 bridgehead atoms. The molecule has 0 unspecified atom stereocenters. The predicted molar refractivity (Wildman–Crippen MR) is 166 cm³/mol. The van der Waals surface area contributed by atoms with Crippen LogP contribution in [0.1, 0.15) is 31.9 Å². The zero-order chi connectivity index (χ0) is 31.1. The molecule has 0 spiro atoms. The first-order valence-corrected chi connectivity index (χ1v) is 15.5. The summed E-state index contributed by atoms with van der Waals surface area (Å²) in [5.41, 5.74) is 1.16. The summed E-state index contributed by atoms with van der Waals surface area (Å²) in [4.78, 5) is 29.4. The first-order valence-electron chi connectivity index (χ1n) is 13.3. The van der Waals surface area contributed by atoms with Gasteiger partial charge in [0.05, 0.1) is 26.2 Å². The van der Waals surface area contributed by atoms with Gasteiger partial charge >= 0.3 is 0 Å². The van der Waals surface area contributed by atoms with Gasteiger partial charge in [-0.05, 0) is 56.2 Å². The molecule has 3 aromatic rings. The van der Waals surface area contributed by atoms with Crippen molar-refractivity contribution >= 4 is 39.1 Å². The third kappa shape index (κ3) is 9.12. The van der Waals surface area contributed by atoms with Gasteiger partial charge in [-0.3, -0.25) is 13.9 Å². The summed E-state index contributed by atoms with van der Waals surface area (Å²) in [5, 5.41) is 3.52. The summed E-state index contributed by atoms with van der Waals surface area (Å²) >= 11 is 6.10. The van der Waals surface area contributed by atoms with Crippen molar-refractivity contribution in [2.75, 3.05) is 31.3 Å². The maximum absolute atomic E-state index is 14.2. The van der Waals surface area contributed by atoms with Crippen LogP contribution in [0.5, 0.6) is 11.5 Å². The summed E-state index contributed by atoms with van der Waals surface area (Å²) in [7, 11) is -1.08. The Hall–Kier alpha value is -3.76. The average molecular weight is 616 g/mol. The van der Waals surface area contributed by atoms with E-state index in [9.17, 15) is 18.0 Å². The van der Waals surface area contributed by atoms with Gasteiger partial charge in [0.1, 0.15) is 24.1 Å². The number of benzene rings is 3. The quantitative estimate of drug-likeness (QED) is 0.317. The first kappa shape index (κ1) is 32.8. The molecule has 226 valence electrons. The molecule has 0 fully saturated rings. The molecule has 0 heterocycles. The van der Waals surface area contributed by atoms with E-state index in [-0.39, 0.29) is 30.3 Å². The molecule has 0 saturated heterocycles. The molecule has 1 atom stereocenters. The van der Waals surface area contributed by atoms with Gasteiger partial charge in [-0.25, -0.2) is 8.42 Å². The molecule has 0 aliphatic rings. The second-order valence-electron chi connectivity index (χ2n) is 10.9. The van der Waals surface area contributed by atoms with E-state index in [4.69, 9.17) is 21.1 Å². The van der Waals surface area contributed by atoms with Crippen LogP contribution in [0.2, 0.25) is 5.02 Å². The Morgan fingerprint density at radius 2 is 1.57 bits per heavy atom. The highest BCUT2D eigenvalue weighted by molar-refractivity contribution is 7.92. The zero-order valence-electron chi connectivity index (χ0n) is 24.8. The van der Waals surface area contributed by atoms with E-state index in [1.54, 1.807) is 36.4 Å². The van der Waals surface area contributed by atoms with E-state index in [1.807, 2.05) is 51.1 Å². The number of anilines is 1. The molecule has 0 aliphatic carbocycles. The maximum atomic E-state index is 14.2. The highest BCUT2D eigenvalue weighted by Gasteiger charge is 2.35. The molecule has 0 radical (unpaired) electrons. The molecule has 9 nitrogen and oxygen atoms in total. The number of ether oxygens (including phenoxy) is 2. The molecule has 42 heavy (non-hydrogen) atoms. The van der Waals surface area contributed by atoms with Crippen molar-refractivity contribution in [1.82, 2.24) is 10.2 Å². The SMILES string of the molecule is COc1ccc(N(CC(=O)N(Cc2ccc(Cl)cc2)[C@H](Cc2ccccc2)C(=O)NC(C)(C)C)S(C)(=O)=O)c(OC)c1. The fourth-order valence-corrected chi connectivity index (χ4v) is 5.36. The van der Waals surface area contributed by atoms with Crippen LogP contribution in [-0.2, 0) is 32.6 Å². The number of amides is 2. The fraction of sp³-hybridized carbons (Fsp3) is 0.355. The fourth-order valence-electron chi connectivity index (χ4n) is 4.38. The number of nitrogens with zero attached hydrogens (tertiary/aromatic N) is 2. The Morgan fingerprint density at radius 1 is 0.929 bits per heavy atom. The molecule has 0 saturated carbocycles. The van der Waals surface area contributed by atoms with Crippen LogP contribution in [-0.4, -0.2) is 63.7 Å². The van der Waals surface area contributed by atoms with Crippen LogP contribution in [0.3, 0.4) is 0 Å². The van der Waals surface area contributed by atoms with Crippen molar-refractivity contribution in [2.24, 2.45) is 0 Å². The van der Waals surface area contributed by atoms with Crippen molar-refractivity contribution in [3.05, 3.63) is 88.9 Å². The summed E-state index contributed by atoms with van der Waals surface area (Å²) in [5.74, 6) is -0.260. The smallest absolute Gasteiger partial charge is 0.244 e. The van der Waals surface area contributed by atoms with Crippen LogP contribution >= 0.6 is 11.6 Å². The predicted octanol–water partition coefficient (Wildman–Crippen LogP) is 4.68. The van der Waals surface area contributed by atoms with Gasteiger partial charge in [0, 0.05) is 29.6 Å². The third-order valence-corrected chi connectivity index (χ3v) is 7.75. The highest BCUT2D eigenvalue weighted by atomic mass is 35.5. The number of carbonyl (C=O) groups excluding carboxylic acids is 2. The lowest BCUT2D eigenvalue weighted by atomic mass is 10.0. The van der Waals surface area contributed by atoms with Gasteiger partial charge in [-0.15, -0.1) is 0 Å². The van der Waals surface area contributed by atoms with Gasteiger partial charge in [0.2, 0.25) is 21.8 Å². The number of methoxy groups -OCH3 is 2. The molecule has 3 rings (SSSR count). The van der Waals surface area contributed by atoms with E-state index >= 15 is 0 Å². The molecular weight excluding hydrogens is 578 g/mol. The minimum Gasteiger partial charge on any atom is -0.497 e. The monoisotopic (exact) mass is 615 g/mol. The van der Waals surface area contributed by atoms with E-state index in [2.05, 4.69) is 5.32 Å². The lowest BCUT2D eigenvalue weighted by Crippen LogP contribution is -2.56. The van der Waals surface area contributed by atoms with Crippen LogP contribution in [0.25, 0.3) is 0 Å². The normalized spacial score (nSPS) is 12.3. The maximum Gasteiger partial charge on any atom is 0.244 e. The van der Waals surface area contributed by atoms with E-state index in [0.717, 1.165) is 21.7 Å². The number of halogens is 1. The van der Waals surface area contributed by atoms with Crippen molar-refractivity contribution in [2.45, 2.75) is 45.3 Å². The molecule has 2 amide bonds. The standard InChI is InChI=1S/C31H38ClN3O6S/c1-31(2,3)33-30(37)27(18-22-10-8-7-9-11-22)34(20-23-12-14-24(32)15-13-23)29(36)21-35(42(6,38)39)26-17-16-25(40-4)19-28(26)41-5/h7-17,19,27H,18,20-21H2,1-6H3,(H,33,37)/t27-/m1/s1. The molecular formula is C31H38ClN3O6S. The van der Waals surface area contributed by atoms with Gasteiger partial charge in [0.15, 0.2) is 0 Å². The van der Waals surface area contributed by atoms with Crippen LogP contribution < -0.4 is 19.1 Å². The van der Waals surface area contributed by atoms with Crippen molar-refractivity contribution < 1.29 is 27.5 Å². The van der Waals surface area contributed by atoms with E-state index in [0.29, 0.717) is 10.8 Å².